The topological polar surface area (TPSA) is 49.4 Å². The van der Waals surface area contributed by atoms with Crippen molar-refractivity contribution >= 4 is 11.8 Å². The van der Waals surface area contributed by atoms with E-state index in [1.807, 2.05) is 0 Å². The molecule has 2 amide bonds. The summed E-state index contributed by atoms with van der Waals surface area (Å²) in [5.41, 5.74) is 0. The number of nitrogens with one attached hydrogen (secondary N) is 1. The summed E-state index contributed by atoms with van der Waals surface area (Å²) in [4.78, 5) is 24.7. The fourth-order valence-electron chi connectivity index (χ4n) is 2.80. The predicted molar refractivity (Wildman–Crippen MR) is 61.1 cm³/mol. The molecule has 0 radical (unpaired) electrons. The van der Waals surface area contributed by atoms with Gasteiger partial charge in [0.2, 0.25) is 11.8 Å². The highest BCUT2D eigenvalue weighted by atomic mass is 19.4. The third-order valence-electron chi connectivity index (χ3n) is 3.84. The lowest BCUT2D eigenvalue weighted by Crippen LogP contribution is -2.52. The first-order valence-corrected chi connectivity index (χ1v) is 6.50. The van der Waals surface area contributed by atoms with Crippen LogP contribution in [-0.2, 0) is 9.59 Å². The number of piperazine rings is 1. The first-order chi connectivity index (χ1) is 8.88. The fourth-order valence-corrected chi connectivity index (χ4v) is 2.80. The van der Waals surface area contributed by atoms with E-state index >= 15 is 0 Å². The lowest BCUT2D eigenvalue weighted by atomic mass is 9.80. The van der Waals surface area contributed by atoms with Gasteiger partial charge in [0, 0.05) is 19.0 Å². The van der Waals surface area contributed by atoms with Gasteiger partial charge in [0.25, 0.3) is 0 Å². The molecule has 1 saturated heterocycles. The van der Waals surface area contributed by atoms with E-state index < -0.39 is 18.0 Å². The number of halogens is 3. The van der Waals surface area contributed by atoms with Gasteiger partial charge in [0.15, 0.2) is 0 Å². The Kier molecular flexibility index (Phi) is 4.01. The first kappa shape index (κ1) is 14.1. The Labute approximate surface area is 109 Å². The predicted octanol–water partition coefficient (Wildman–Crippen LogP) is 1.31. The van der Waals surface area contributed by atoms with Crippen LogP contribution in [0.4, 0.5) is 13.2 Å². The van der Waals surface area contributed by atoms with Gasteiger partial charge in [-0.3, -0.25) is 9.59 Å². The molecule has 2 rings (SSSR count). The van der Waals surface area contributed by atoms with Gasteiger partial charge in [0.1, 0.15) is 0 Å². The molecule has 2 fully saturated rings. The summed E-state index contributed by atoms with van der Waals surface area (Å²) < 4.78 is 38.1. The van der Waals surface area contributed by atoms with Crippen LogP contribution in [0.3, 0.4) is 0 Å². The van der Waals surface area contributed by atoms with E-state index in [-0.39, 0.29) is 31.2 Å². The summed E-state index contributed by atoms with van der Waals surface area (Å²) in [6, 6.07) is 0. The molecule has 1 N–H and O–H groups in total. The van der Waals surface area contributed by atoms with E-state index in [0.717, 1.165) is 0 Å². The van der Waals surface area contributed by atoms with Crippen LogP contribution in [0.2, 0.25) is 0 Å². The van der Waals surface area contributed by atoms with E-state index in [1.54, 1.807) is 0 Å². The molecule has 7 heteroatoms. The van der Waals surface area contributed by atoms with E-state index in [4.69, 9.17) is 0 Å². The fraction of sp³-hybridized carbons (Fsp3) is 0.833. The molecule has 4 nitrogen and oxygen atoms in total. The average molecular weight is 278 g/mol. The quantitative estimate of drug-likeness (QED) is 0.786. The Hall–Kier alpha value is -1.27. The van der Waals surface area contributed by atoms with Crippen LogP contribution in [-0.4, -0.2) is 42.5 Å². The SMILES string of the molecule is O=C1CN(C(=O)C2CCCC(C(F)(F)F)C2)CCN1. The summed E-state index contributed by atoms with van der Waals surface area (Å²) in [5.74, 6) is -2.52. The summed E-state index contributed by atoms with van der Waals surface area (Å²) in [5, 5.41) is 2.59. The number of nitrogens with zero attached hydrogens (tertiary/aromatic N) is 1. The molecule has 2 unspecified atom stereocenters. The molecule has 0 aromatic rings. The van der Waals surface area contributed by atoms with Gasteiger partial charge in [-0.15, -0.1) is 0 Å². The number of carbonyl (C=O) groups is 2. The van der Waals surface area contributed by atoms with E-state index in [2.05, 4.69) is 5.32 Å². The third-order valence-corrected chi connectivity index (χ3v) is 3.84. The smallest absolute Gasteiger partial charge is 0.353 e. The monoisotopic (exact) mass is 278 g/mol. The second kappa shape index (κ2) is 5.38. The highest BCUT2D eigenvalue weighted by molar-refractivity contribution is 5.87. The lowest BCUT2D eigenvalue weighted by molar-refractivity contribution is -0.187. The number of carbonyl (C=O) groups excluding carboxylic acids is 2. The summed E-state index contributed by atoms with van der Waals surface area (Å²) >= 11 is 0. The number of hydrogen-bond donors (Lipinski definition) is 1. The molecule has 19 heavy (non-hydrogen) atoms. The van der Waals surface area contributed by atoms with Gasteiger partial charge in [-0.05, 0) is 19.3 Å². The van der Waals surface area contributed by atoms with Gasteiger partial charge < -0.3 is 10.2 Å². The van der Waals surface area contributed by atoms with Crippen molar-refractivity contribution in [3.05, 3.63) is 0 Å². The minimum absolute atomic E-state index is 0.0357. The molecule has 1 heterocycles. The number of amides is 2. The molecule has 2 atom stereocenters. The Balaban J connectivity index is 1.97. The Morgan fingerprint density at radius 1 is 1.32 bits per heavy atom. The minimum Gasteiger partial charge on any atom is -0.353 e. The molecular formula is C12H17F3N2O2. The van der Waals surface area contributed by atoms with Crippen LogP contribution in [0.15, 0.2) is 0 Å². The van der Waals surface area contributed by atoms with Crippen LogP contribution in [0.25, 0.3) is 0 Å². The van der Waals surface area contributed by atoms with Gasteiger partial charge in [-0.25, -0.2) is 0 Å². The second-order valence-electron chi connectivity index (χ2n) is 5.21. The minimum atomic E-state index is -4.22. The summed E-state index contributed by atoms with van der Waals surface area (Å²) in [7, 11) is 0. The maximum Gasteiger partial charge on any atom is 0.391 e. The van der Waals surface area contributed by atoms with Crippen LogP contribution in [0.1, 0.15) is 25.7 Å². The van der Waals surface area contributed by atoms with Crippen molar-refractivity contribution in [2.24, 2.45) is 11.8 Å². The molecule has 1 saturated carbocycles. The molecule has 1 aliphatic heterocycles. The number of rotatable bonds is 1. The van der Waals surface area contributed by atoms with E-state index in [9.17, 15) is 22.8 Å². The molecule has 0 aromatic carbocycles. The Morgan fingerprint density at radius 2 is 2.05 bits per heavy atom. The number of hydrogen-bond acceptors (Lipinski definition) is 2. The van der Waals surface area contributed by atoms with Crippen molar-refractivity contribution in [2.75, 3.05) is 19.6 Å². The standard InChI is InChI=1S/C12H17F3N2O2/c13-12(14,15)9-3-1-2-8(6-9)11(19)17-5-4-16-10(18)7-17/h8-9H,1-7H2,(H,16,18). The largest absolute Gasteiger partial charge is 0.391 e. The van der Waals surface area contributed by atoms with Gasteiger partial charge in [-0.1, -0.05) is 6.42 Å². The van der Waals surface area contributed by atoms with Gasteiger partial charge in [0.05, 0.1) is 12.5 Å². The van der Waals surface area contributed by atoms with Crippen molar-refractivity contribution in [1.29, 1.82) is 0 Å². The molecule has 1 aliphatic carbocycles. The zero-order valence-corrected chi connectivity index (χ0v) is 10.5. The van der Waals surface area contributed by atoms with Crippen LogP contribution < -0.4 is 5.32 Å². The van der Waals surface area contributed by atoms with Crippen molar-refractivity contribution in [3.8, 4) is 0 Å². The summed E-state index contributed by atoms with van der Waals surface area (Å²) in [6.07, 6.45) is -3.35. The van der Waals surface area contributed by atoms with Crippen LogP contribution >= 0.6 is 0 Å². The van der Waals surface area contributed by atoms with Crippen LogP contribution in [0, 0.1) is 11.8 Å². The number of alkyl halides is 3. The summed E-state index contributed by atoms with van der Waals surface area (Å²) in [6.45, 7) is 0.726. The maximum atomic E-state index is 12.7. The normalized spacial score (nSPS) is 29.0. The van der Waals surface area contributed by atoms with Crippen molar-refractivity contribution < 1.29 is 22.8 Å². The molecule has 0 bridgehead atoms. The van der Waals surface area contributed by atoms with Gasteiger partial charge in [-0.2, -0.15) is 13.2 Å². The van der Waals surface area contributed by atoms with Gasteiger partial charge >= 0.3 is 6.18 Å². The highest BCUT2D eigenvalue weighted by Gasteiger charge is 2.44. The molecule has 108 valence electrons. The lowest BCUT2D eigenvalue weighted by Gasteiger charge is -2.34. The third kappa shape index (κ3) is 3.39. The van der Waals surface area contributed by atoms with E-state index in [0.29, 0.717) is 25.9 Å². The molecular weight excluding hydrogens is 261 g/mol. The highest BCUT2D eigenvalue weighted by Crippen LogP contribution is 2.40. The molecule has 2 aliphatic rings. The Morgan fingerprint density at radius 3 is 2.68 bits per heavy atom. The second-order valence-corrected chi connectivity index (χ2v) is 5.21. The molecule has 0 spiro atoms. The zero-order valence-electron chi connectivity index (χ0n) is 10.5. The average Bonchev–Trinajstić information content (AvgIpc) is 2.37. The van der Waals surface area contributed by atoms with E-state index in [1.165, 1.54) is 4.90 Å². The zero-order chi connectivity index (χ0) is 14.0. The van der Waals surface area contributed by atoms with Crippen molar-refractivity contribution in [1.82, 2.24) is 10.2 Å². The Bertz CT molecular complexity index is 370. The van der Waals surface area contributed by atoms with Crippen LogP contribution in [0.5, 0.6) is 0 Å². The maximum absolute atomic E-state index is 12.7. The first-order valence-electron chi connectivity index (χ1n) is 6.50. The van der Waals surface area contributed by atoms with Crippen molar-refractivity contribution in [3.63, 3.8) is 0 Å². The molecule has 0 aromatic heterocycles. The van der Waals surface area contributed by atoms with Crippen molar-refractivity contribution in [2.45, 2.75) is 31.9 Å².